The average Bonchev–Trinajstić information content (AvgIpc) is 2.47. The van der Waals surface area contributed by atoms with Crippen LogP contribution in [0.1, 0.15) is 0 Å². The van der Waals surface area contributed by atoms with Crippen molar-refractivity contribution in [1.82, 2.24) is 9.97 Å². The number of halogens is 2. The highest BCUT2D eigenvalue weighted by Crippen LogP contribution is 2.44. The molecule has 4 rings (SSSR count). The molecule has 0 fully saturated rings. The van der Waals surface area contributed by atoms with E-state index < -0.39 is 0 Å². The van der Waals surface area contributed by atoms with Gasteiger partial charge in [-0.1, -0.05) is 35.3 Å². The van der Waals surface area contributed by atoms with Gasteiger partial charge in [0, 0.05) is 0 Å². The number of para-hydroxylation sites is 2. The van der Waals surface area contributed by atoms with E-state index in [1.807, 2.05) is 24.3 Å². The monoisotopic (exact) mass is 302 g/mol. The zero-order valence-electron chi connectivity index (χ0n) is 10.1. The van der Waals surface area contributed by atoms with Gasteiger partial charge < -0.3 is 10.6 Å². The average molecular weight is 303 g/mol. The Morgan fingerprint density at radius 2 is 1.15 bits per heavy atom. The molecule has 0 unspecified atom stereocenters. The molecule has 3 aromatic rings. The van der Waals surface area contributed by atoms with Crippen LogP contribution in [0.25, 0.3) is 11.0 Å². The molecule has 0 saturated heterocycles. The molecule has 2 aromatic carbocycles. The van der Waals surface area contributed by atoms with Crippen LogP contribution in [-0.2, 0) is 0 Å². The van der Waals surface area contributed by atoms with Crippen molar-refractivity contribution >= 4 is 57.2 Å². The quantitative estimate of drug-likeness (QED) is 0.493. The Bertz CT molecular complexity index is 778. The van der Waals surface area contributed by atoms with Gasteiger partial charge in [-0.05, 0) is 24.3 Å². The highest BCUT2D eigenvalue weighted by atomic mass is 35.5. The molecule has 2 N–H and O–H groups in total. The highest BCUT2D eigenvalue weighted by Gasteiger charge is 2.21. The van der Waals surface area contributed by atoms with E-state index >= 15 is 0 Å². The lowest BCUT2D eigenvalue weighted by molar-refractivity contribution is 1.25. The lowest BCUT2D eigenvalue weighted by Crippen LogP contribution is -2.10. The largest absolute Gasteiger partial charge is 0.334 e. The molecule has 0 spiro atoms. The summed E-state index contributed by atoms with van der Waals surface area (Å²) in [5, 5.41) is 7.54. The first-order valence-electron chi connectivity index (χ1n) is 6.01. The number of benzene rings is 2. The van der Waals surface area contributed by atoms with Gasteiger partial charge in [0.15, 0.2) is 11.6 Å². The summed E-state index contributed by atoms with van der Waals surface area (Å²) in [6, 6.07) is 11.2. The Morgan fingerprint density at radius 1 is 0.700 bits per heavy atom. The van der Waals surface area contributed by atoms with E-state index in [1.165, 1.54) is 0 Å². The third-order valence-electron chi connectivity index (χ3n) is 3.16. The first-order chi connectivity index (χ1) is 9.72. The van der Waals surface area contributed by atoms with Crippen LogP contribution >= 0.6 is 23.2 Å². The Kier molecular flexibility index (Phi) is 2.49. The Balaban J connectivity index is 1.94. The van der Waals surface area contributed by atoms with Crippen molar-refractivity contribution in [3.05, 3.63) is 46.4 Å². The molecular formula is C14H8Cl2N4. The van der Waals surface area contributed by atoms with Gasteiger partial charge in [0.05, 0.1) is 32.5 Å². The predicted octanol–water partition coefficient (Wildman–Crippen LogP) is 4.74. The van der Waals surface area contributed by atoms with Crippen LogP contribution in [-0.4, -0.2) is 9.97 Å². The van der Waals surface area contributed by atoms with Crippen molar-refractivity contribution in [2.45, 2.75) is 0 Å². The molecule has 0 amide bonds. The molecule has 0 aliphatic carbocycles. The van der Waals surface area contributed by atoms with E-state index in [0.29, 0.717) is 21.7 Å². The maximum Gasteiger partial charge on any atom is 0.174 e. The summed E-state index contributed by atoms with van der Waals surface area (Å²) in [6.07, 6.45) is 0. The van der Waals surface area contributed by atoms with E-state index in [0.717, 1.165) is 22.4 Å². The molecule has 1 aliphatic rings. The van der Waals surface area contributed by atoms with Crippen molar-refractivity contribution in [3.63, 3.8) is 0 Å². The maximum atomic E-state index is 6.19. The van der Waals surface area contributed by atoms with Crippen LogP contribution in [0.2, 0.25) is 10.0 Å². The summed E-state index contributed by atoms with van der Waals surface area (Å²) in [4.78, 5) is 9.10. The minimum Gasteiger partial charge on any atom is -0.334 e. The lowest BCUT2D eigenvalue weighted by atomic mass is 10.2. The second kappa shape index (κ2) is 4.23. The van der Waals surface area contributed by atoms with E-state index in [4.69, 9.17) is 23.2 Å². The number of nitrogens with one attached hydrogen (secondary N) is 2. The molecule has 1 aliphatic heterocycles. The molecular weight excluding hydrogens is 295 g/mol. The molecule has 0 radical (unpaired) electrons. The van der Waals surface area contributed by atoms with Crippen molar-refractivity contribution in [2.24, 2.45) is 0 Å². The smallest absolute Gasteiger partial charge is 0.174 e. The van der Waals surface area contributed by atoms with E-state index in [-0.39, 0.29) is 0 Å². The van der Waals surface area contributed by atoms with Gasteiger partial charge in [-0.2, -0.15) is 0 Å². The zero-order valence-corrected chi connectivity index (χ0v) is 11.6. The van der Waals surface area contributed by atoms with E-state index in [2.05, 4.69) is 20.6 Å². The van der Waals surface area contributed by atoms with Crippen LogP contribution in [0.4, 0.5) is 23.0 Å². The summed E-state index contributed by atoms with van der Waals surface area (Å²) in [5.41, 5.74) is 3.08. The van der Waals surface area contributed by atoms with Gasteiger partial charge >= 0.3 is 0 Å². The minimum absolute atomic E-state index is 0.581. The molecule has 1 aromatic heterocycles. The van der Waals surface area contributed by atoms with Crippen LogP contribution in [0, 0.1) is 0 Å². The second-order valence-corrected chi connectivity index (χ2v) is 5.25. The predicted molar refractivity (Wildman–Crippen MR) is 82.6 cm³/mol. The van der Waals surface area contributed by atoms with Gasteiger partial charge in [0.25, 0.3) is 0 Å². The van der Waals surface area contributed by atoms with Crippen LogP contribution in [0.15, 0.2) is 36.4 Å². The fourth-order valence-electron chi connectivity index (χ4n) is 2.21. The Labute approximate surface area is 124 Å². The molecule has 6 heteroatoms. The molecule has 4 nitrogen and oxygen atoms in total. The number of hydrogen-bond donors (Lipinski definition) is 2. The van der Waals surface area contributed by atoms with Gasteiger partial charge in [-0.3, -0.25) is 0 Å². The SMILES string of the molecule is Clc1ccc(Cl)c2c1Nc1nc3ccccc3nc1N2. The van der Waals surface area contributed by atoms with Crippen LogP contribution < -0.4 is 10.6 Å². The number of aromatic nitrogens is 2. The number of nitrogens with zero attached hydrogens (tertiary/aromatic N) is 2. The summed E-state index contributed by atoms with van der Waals surface area (Å²) in [6.45, 7) is 0. The summed E-state index contributed by atoms with van der Waals surface area (Å²) in [5.74, 6) is 1.28. The highest BCUT2D eigenvalue weighted by molar-refractivity contribution is 6.38. The minimum atomic E-state index is 0.581. The fraction of sp³-hybridized carbons (Fsp3) is 0. The standard InChI is InChI=1S/C14H8Cl2N4/c15-7-5-6-8(16)12-11(7)19-13-14(20-12)18-10-4-2-1-3-9(10)17-13/h1-6H,(H,17,19)(H,18,20). The summed E-state index contributed by atoms with van der Waals surface area (Å²) >= 11 is 12.4. The molecule has 0 saturated carbocycles. The molecule has 20 heavy (non-hydrogen) atoms. The number of fused-ring (bicyclic) bond motifs is 3. The van der Waals surface area contributed by atoms with Crippen molar-refractivity contribution in [3.8, 4) is 0 Å². The molecule has 0 atom stereocenters. The van der Waals surface area contributed by atoms with Gasteiger partial charge in [0.2, 0.25) is 0 Å². The molecule has 0 bridgehead atoms. The maximum absolute atomic E-state index is 6.19. The summed E-state index contributed by atoms with van der Waals surface area (Å²) in [7, 11) is 0. The molecule has 98 valence electrons. The van der Waals surface area contributed by atoms with Gasteiger partial charge in [0.1, 0.15) is 0 Å². The second-order valence-electron chi connectivity index (χ2n) is 4.44. The topological polar surface area (TPSA) is 49.8 Å². The van der Waals surface area contributed by atoms with Gasteiger partial charge in [-0.25, -0.2) is 9.97 Å². The van der Waals surface area contributed by atoms with Crippen molar-refractivity contribution in [1.29, 1.82) is 0 Å². The normalized spacial score (nSPS) is 12.3. The number of anilines is 4. The van der Waals surface area contributed by atoms with E-state index in [1.54, 1.807) is 12.1 Å². The Hall–Kier alpha value is -2.04. The van der Waals surface area contributed by atoms with E-state index in [9.17, 15) is 0 Å². The first-order valence-corrected chi connectivity index (χ1v) is 6.77. The first kappa shape index (κ1) is 11.8. The summed E-state index contributed by atoms with van der Waals surface area (Å²) < 4.78 is 0. The Morgan fingerprint density at radius 3 is 1.60 bits per heavy atom. The fourth-order valence-corrected chi connectivity index (χ4v) is 2.62. The number of hydrogen-bond acceptors (Lipinski definition) is 4. The lowest BCUT2D eigenvalue weighted by Gasteiger charge is -2.23. The van der Waals surface area contributed by atoms with Gasteiger partial charge in [-0.15, -0.1) is 0 Å². The van der Waals surface area contributed by atoms with Crippen molar-refractivity contribution in [2.75, 3.05) is 10.6 Å². The van der Waals surface area contributed by atoms with Crippen LogP contribution in [0.3, 0.4) is 0 Å². The number of rotatable bonds is 0. The van der Waals surface area contributed by atoms with Crippen LogP contribution in [0.5, 0.6) is 0 Å². The third kappa shape index (κ3) is 1.69. The zero-order chi connectivity index (χ0) is 13.7. The molecule has 2 heterocycles. The third-order valence-corrected chi connectivity index (χ3v) is 3.79. The van der Waals surface area contributed by atoms with Crippen molar-refractivity contribution < 1.29 is 0 Å².